The summed E-state index contributed by atoms with van der Waals surface area (Å²) in [5.41, 5.74) is 2.73. The van der Waals surface area contributed by atoms with Gasteiger partial charge in [0.05, 0.1) is 14.2 Å². The lowest BCUT2D eigenvalue weighted by Gasteiger charge is -2.32. The van der Waals surface area contributed by atoms with Gasteiger partial charge in [-0.2, -0.15) is 0 Å². The van der Waals surface area contributed by atoms with Crippen LogP contribution in [0.1, 0.15) is 42.9 Å². The van der Waals surface area contributed by atoms with Gasteiger partial charge in [-0.1, -0.05) is 79.5 Å². The van der Waals surface area contributed by atoms with Gasteiger partial charge in [-0.25, -0.2) is 0 Å². The summed E-state index contributed by atoms with van der Waals surface area (Å²) in [4.78, 5) is 29.0. The molecule has 0 saturated carbocycles. The lowest BCUT2D eigenvalue weighted by molar-refractivity contribution is -0.141. The number of unbranched alkanes of at least 4 members (excludes halogenated alkanes) is 1. The number of ether oxygens (including phenoxy) is 2. The van der Waals surface area contributed by atoms with E-state index >= 15 is 0 Å². The molecule has 202 valence electrons. The second kappa shape index (κ2) is 15.0. The van der Waals surface area contributed by atoms with Gasteiger partial charge in [0, 0.05) is 31.0 Å². The molecule has 0 saturated heterocycles. The quantitative estimate of drug-likeness (QED) is 0.263. The number of carbonyl (C=O) groups excluding carboxylic acids is 2. The molecular formula is C31H37ClN2O4. The molecule has 0 aromatic heterocycles. The molecule has 0 aliphatic heterocycles. The Morgan fingerprint density at radius 2 is 1.63 bits per heavy atom. The highest BCUT2D eigenvalue weighted by atomic mass is 35.5. The molecule has 0 radical (unpaired) electrons. The van der Waals surface area contributed by atoms with Crippen LogP contribution >= 0.6 is 11.6 Å². The Morgan fingerprint density at radius 3 is 2.32 bits per heavy atom. The van der Waals surface area contributed by atoms with Crippen molar-refractivity contribution < 1.29 is 19.1 Å². The van der Waals surface area contributed by atoms with Gasteiger partial charge in [0.1, 0.15) is 6.04 Å². The zero-order chi connectivity index (χ0) is 27.3. The smallest absolute Gasteiger partial charge is 0.243 e. The third-order valence-electron chi connectivity index (χ3n) is 6.47. The molecule has 1 atom stereocenters. The molecule has 3 aromatic carbocycles. The summed E-state index contributed by atoms with van der Waals surface area (Å²) in [5.74, 6) is 0.970. The first kappa shape index (κ1) is 29.1. The van der Waals surface area contributed by atoms with Crippen molar-refractivity contribution in [3.63, 3.8) is 0 Å². The average molecular weight is 537 g/mol. The van der Waals surface area contributed by atoms with E-state index in [0.717, 1.165) is 29.5 Å². The second-order valence-electron chi connectivity index (χ2n) is 9.15. The number of carbonyl (C=O) groups is 2. The molecule has 0 aliphatic rings. The fourth-order valence-electron chi connectivity index (χ4n) is 4.30. The van der Waals surface area contributed by atoms with Crippen LogP contribution in [0.4, 0.5) is 0 Å². The Bertz CT molecular complexity index is 1190. The number of methoxy groups -OCH3 is 2. The number of aryl methyl sites for hydroxylation is 1. The number of amides is 2. The minimum atomic E-state index is -0.677. The van der Waals surface area contributed by atoms with Crippen molar-refractivity contribution in [1.29, 1.82) is 0 Å². The molecule has 2 amide bonds. The zero-order valence-corrected chi connectivity index (χ0v) is 23.2. The van der Waals surface area contributed by atoms with Crippen LogP contribution < -0.4 is 14.8 Å². The standard InChI is InChI=1S/C31H37ClN2O4/c1-4-5-19-33-31(36)27(20-23-11-7-6-8-12-23)34(22-25-13-9-10-14-26(25)32)30(35)18-16-24-15-17-28(37-2)29(21-24)38-3/h6-15,17,21,27H,4-5,16,18-20,22H2,1-3H3,(H,33,36)/t27-/m0/s1. The van der Waals surface area contributed by atoms with Crippen molar-refractivity contribution in [2.75, 3.05) is 20.8 Å². The van der Waals surface area contributed by atoms with Crippen molar-refractivity contribution in [1.82, 2.24) is 10.2 Å². The van der Waals surface area contributed by atoms with Gasteiger partial charge in [0.15, 0.2) is 11.5 Å². The predicted molar refractivity (Wildman–Crippen MR) is 152 cm³/mol. The van der Waals surface area contributed by atoms with Gasteiger partial charge in [0.2, 0.25) is 11.8 Å². The topological polar surface area (TPSA) is 67.9 Å². The van der Waals surface area contributed by atoms with Crippen LogP contribution in [-0.4, -0.2) is 43.5 Å². The number of nitrogens with zero attached hydrogens (tertiary/aromatic N) is 1. The monoisotopic (exact) mass is 536 g/mol. The van der Waals surface area contributed by atoms with Crippen molar-refractivity contribution >= 4 is 23.4 Å². The second-order valence-corrected chi connectivity index (χ2v) is 9.56. The number of nitrogens with one attached hydrogen (secondary N) is 1. The van der Waals surface area contributed by atoms with Crippen LogP contribution in [0.5, 0.6) is 11.5 Å². The summed E-state index contributed by atoms with van der Waals surface area (Å²) in [6.07, 6.45) is 2.98. The largest absolute Gasteiger partial charge is 0.493 e. The van der Waals surface area contributed by atoms with Gasteiger partial charge in [-0.15, -0.1) is 0 Å². The Morgan fingerprint density at radius 1 is 0.921 bits per heavy atom. The fraction of sp³-hybridized carbons (Fsp3) is 0.355. The lowest BCUT2D eigenvalue weighted by atomic mass is 10.0. The zero-order valence-electron chi connectivity index (χ0n) is 22.4. The molecule has 0 bridgehead atoms. The molecule has 3 rings (SSSR count). The van der Waals surface area contributed by atoms with E-state index in [4.69, 9.17) is 21.1 Å². The maximum atomic E-state index is 13.8. The van der Waals surface area contributed by atoms with Crippen molar-refractivity contribution in [2.45, 2.75) is 51.6 Å². The first-order chi connectivity index (χ1) is 18.5. The molecule has 0 heterocycles. The minimum Gasteiger partial charge on any atom is -0.493 e. The van der Waals surface area contributed by atoms with E-state index in [9.17, 15) is 9.59 Å². The summed E-state index contributed by atoms with van der Waals surface area (Å²) in [5, 5.41) is 3.61. The highest BCUT2D eigenvalue weighted by Gasteiger charge is 2.30. The first-order valence-corrected chi connectivity index (χ1v) is 13.4. The average Bonchev–Trinajstić information content (AvgIpc) is 2.94. The Balaban J connectivity index is 1.90. The van der Waals surface area contributed by atoms with Gasteiger partial charge in [-0.05, 0) is 47.7 Å². The van der Waals surface area contributed by atoms with Crippen molar-refractivity contribution in [3.05, 3.63) is 94.5 Å². The van der Waals surface area contributed by atoms with Crippen LogP contribution in [-0.2, 0) is 29.0 Å². The predicted octanol–water partition coefficient (Wildman–Crippen LogP) is 5.85. The number of benzene rings is 3. The van der Waals surface area contributed by atoms with Crippen LogP contribution in [0.3, 0.4) is 0 Å². The molecule has 38 heavy (non-hydrogen) atoms. The van der Waals surface area contributed by atoms with Crippen molar-refractivity contribution in [2.24, 2.45) is 0 Å². The van der Waals surface area contributed by atoms with E-state index < -0.39 is 6.04 Å². The van der Waals surface area contributed by atoms with E-state index in [-0.39, 0.29) is 24.8 Å². The highest BCUT2D eigenvalue weighted by molar-refractivity contribution is 6.31. The van der Waals surface area contributed by atoms with Gasteiger partial charge < -0.3 is 19.7 Å². The van der Waals surface area contributed by atoms with Crippen LogP contribution in [0.25, 0.3) is 0 Å². The minimum absolute atomic E-state index is 0.119. The highest BCUT2D eigenvalue weighted by Crippen LogP contribution is 2.28. The van der Waals surface area contributed by atoms with Crippen LogP contribution in [0.2, 0.25) is 5.02 Å². The maximum absolute atomic E-state index is 13.8. The molecule has 0 fully saturated rings. The van der Waals surface area contributed by atoms with Crippen LogP contribution in [0, 0.1) is 0 Å². The Kier molecular flexibility index (Phi) is 11.5. The lowest BCUT2D eigenvalue weighted by Crippen LogP contribution is -2.50. The van der Waals surface area contributed by atoms with E-state index in [0.29, 0.717) is 35.9 Å². The van der Waals surface area contributed by atoms with E-state index in [1.807, 2.05) is 66.7 Å². The summed E-state index contributed by atoms with van der Waals surface area (Å²) in [6.45, 7) is 2.89. The summed E-state index contributed by atoms with van der Waals surface area (Å²) < 4.78 is 10.7. The number of rotatable bonds is 14. The Labute approximate surface area is 230 Å². The Hall–Kier alpha value is -3.51. The van der Waals surface area contributed by atoms with E-state index in [1.54, 1.807) is 25.2 Å². The SMILES string of the molecule is CCCCNC(=O)[C@H](Cc1ccccc1)N(Cc1ccccc1Cl)C(=O)CCc1ccc(OC)c(OC)c1. The molecule has 7 heteroatoms. The summed E-state index contributed by atoms with van der Waals surface area (Å²) >= 11 is 6.49. The van der Waals surface area contributed by atoms with Gasteiger partial charge >= 0.3 is 0 Å². The number of hydrogen-bond acceptors (Lipinski definition) is 4. The molecule has 3 aromatic rings. The van der Waals surface area contributed by atoms with E-state index in [1.165, 1.54) is 0 Å². The normalized spacial score (nSPS) is 11.5. The molecule has 6 nitrogen and oxygen atoms in total. The maximum Gasteiger partial charge on any atom is 0.243 e. The molecule has 0 spiro atoms. The van der Waals surface area contributed by atoms with E-state index in [2.05, 4.69) is 12.2 Å². The number of halogens is 1. The summed E-state index contributed by atoms with van der Waals surface area (Å²) in [7, 11) is 3.18. The summed E-state index contributed by atoms with van der Waals surface area (Å²) in [6, 6.07) is 22.2. The molecular weight excluding hydrogens is 500 g/mol. The fourth-order valence-corrected chi connectivity index (χ4v) is 4.50. The third kappa shape index (κ3) is 8.25. The molecule has 1 N–H and O–H groups in total. The molecule has 0 aliphatic carbocycles. The number of hydrogen-bond donors (Lipinski definition) is 1. The van der Waals surface area contributed by atoms with Crippen molar-refractivity contribution in [3.8, 4) is 11.5 Å². The third-order valence-corrected chi connectivity index (χ3v) is 6.84. The van der Waals surface area contributed by atoms with Crippen LogP contribution in [0.15, 0.2) is 72.8 Å². The first-order valence-electron chi connectivity index (χ1n) is 13.0. The van der Waals surface area contributed by atoms with Gasteiger partial charge in [0.25, 0.3) is 0 Å². The molecule has 0 unspecified atom stereocenters. The van der Waals surface area contributed by atoms with Gasteiger partial charge in [-0.3, -0.25) is 9.59 Å².